The minimum absolute atomic E-state index is 0.103. The lowest BCUT2D eigenvalue weighted by Crippen LogP contribution is -2.11. The average Bonchev–Trinajstić information content (AvgIpc) is 2.58. The molecule has 0 aliphatic heterocycles. The maximum atomic E-state index is 13.5. The third kappa shape index (κ3) is 5.02. The zero-order valence-electron chi connectivity index (χ0n) is 14.0. The molecule has 0 saturated carbocycles. The largest absolute Gasteiger partial charge is 0.478 e. The maximum absolute atomic E-state index is 13.5. The Bertz CT molecular complexity index is 882. The van der Waals surface area contributed by atoms with Gasteiger partial charge in [-0.25, -0.2) is 9.18 Å². The van der Waals surface area contributed by atoms with E-state index in [9.17, 15) is 22.4 Å². The van der Waals surface area contributed by atoms with Gasteiger partial charge in [0.05, 0.1) is 21.2 Å². The van der Waals surface area contributed by atoms with Gasteiger partial charge in [0.15, 0.2) is 5.82 Å². The van der Waals surface area contributed by atoms with Crippen molar-refractivity contribution in [1.29, 1.82) is 0 Å². The summed E-state index contributed by atoms with van der Waals surface area (Å²) in [6.45, 7) is 1.76. The van der Waals surface area contributed by atoms with Gasteiger partial charge in [-0.3, -0.25) is 0 Å². The number of hydrogen-bond acceptors (Lipinski definition) is 1. The topological polar surface area (TPSA) is 37.3 Å². The van der Waals surface area contributed by atoms with E-state index in [1.165, 1.54) is 12.1 Å². The van der Waals surface area contributed by atoms with Crippen LogP contribution in [0.15, 0.2) is 36.4 Å². The van der Waals surface area contributed by atoms with Gasteiger partial charge in [0.1, 0.15) is 0 Å². The van der Waals surface area contributed by atoms with Gasteiger partial charge in [0.2, 0.25) is 0 Å². The van der Waals surface area contributed by atoms with E-state index in [-0.39, 0.29) is 17.5 Å². The number of aryl methyl sites for hydroxylation is 1. The number of allylic oxidation sites excluding steroid dienone is 2. The third-order valence-electron chi connectivity index (χ3n) is 3.92. The summed E-state index contributed by atoms with van der Waals surface area (Å²) in [4.78, 5) is 11.1. The smallest absolute Gasteiger partial charge is 0.416 e. The predicted octanol–water partition coefficient (Wildman–Crippen LogP) is 6.58. The van der Waals surface area contributed by atoms with Crippen molar-refractivity contribution in [2.24, 2.45) is 0 Å². The first kappa shape index (κ1) is 21.3. The first-order valence-electron chi connectivity index (χ1n) is 7.82. The van der Waals surface area contributed by atoms with Gasteiger partial charge >= 0.3 is 12.1 Å². The van der Waals surface area contributed by atoms with E-state index in [1.807, 2.05) is 0 Å². The zero-order chi connectivity index (χ0) is 20.4. The monoisotopic (exact) mass is 420 g/mol. The molecule has 2 rings (SSSR count). The van der Waals surface area contributed by atoms with Crippen LogP contribution in [0.3, 0.4) is 0 Å². The van der Waals surface area contributed by atoms with E-state index in [4.69, 9.17) is 28.3 Å². The number of benzene rings is 2. The molecule has 8 heteroatoms. The van der Waals surface area contributed by atoms with E-state index in [0.717, 1.165) is 18.2 Å². The first-order chi connectivity index (χ1) is 12.5. The van der Waals surface area contributed by atoms with Gasteiger partial charge in [-0.15, -0.1) is 0 Å². The van der Waals surface area contributed by atoms with Crippen LogP contribution in [0, 0.1) is 5.82 Å². The van der Waals surface area contributed by atoms with Crippen LogP contribution >= 0.6 is 23.2 Å². The second-order valence-electron chi connectivity index (χ2n) is 5.72. The van der Waals surface area contributed by atoms with E-state index in [1.54, 1.807) is 13.0 Å². The highest BCUT2D eigenvalue weighted by Crippen LogP contribution is 2.37. The fourth-order valence-corrected chi connectivity index (χ4v) is 3.09. The molecular weight excluding hydrogens is 407 g/mol. The van der Waals surface area contributed by atoms with Gasteiger partial charge in [0, 0.05) is 0 Å². The molecule has 0 aromatic heterocycles. The van der Waals surface area contributed by atoms with Crippen molar-refractivity contribution in [2.45, 2.75) is 25.9 Å². The molecule has 0 aliphatic carbocycles. The Balaban J connectivity index is 2.45. The number of carboxylic acids is 1. The van der Waals surface area contributed by atoms with E-state index >= 15 is 0 Å². The maximum Gasteiger partial charge on any atom is 0.416 e. The van der Waals surface area contributed by atoms with Gasteiger partial charge in [-0.1, -0.05) is 48.3 Å². The minimum atomic E-state index is -4.71. The van der Waals surface area contributed by atoms with Crippen molar-refractivity contribution in [1.82, 2.24) is 0 Å². The van der Waals surface area contributed by atoms with Crippen LogP contribution in [0.1, 0.15) is 34.0 Å². The summed E-state index contributed by atoms with van der Waals surface area (Å²) in [5, 5.41) is 8.10. The molecule has 27 heavy (non-hydrogen) atoms. The third-order valence-corrected chi connectivity index (χ3v) is 4.47. The van der Waals surface area contributed by atoms with Gasteiger partial charge < -0.3 is 5.11 Å². The summed E-state index contributed by atoms with van der Waals surface area (Å²) in [7, 11) is 0. The van der Waals surface area contributed by atoms with E-state index in [0.29, 0.717) is 17.5 Å². The standard InChI is InChI=1S/C19H14Cl2F4O2/c1-2-11-7-10(3-5-13(11)18(26)27)4-6-14(19(23,24)25)12-8-15(20)17(22)16(21)9-12/h3,5-9H,2,4H2,1H3,(H,26,27)/b14-6+. The minimum Gasteiger partial charge on any atom is -0.478 e. The number of carbonyl (C=O) groups is 1. The van der Waals surface area contributed by atoms with E-state index in [2.05, 4.69) is 0 Å². The Morgan fingerprint density at radius 3 is 2.22 bits per heavy atom. The van der Waals surface area contributed by atoms with Crippen molar-refractivity contribution in [3.05, 3.63) is 74.5 Å². The van der Waals surface area contributed by atoms with Crippen LogP contribution in [0.2, 0.25) is 10.0 Å². The van der Waals surface area contributed by atoms with Crippen LogP contribution in [0.4, 0.5) is 17.6 Å². The fraction of sp³-hybridized carbons (Fsp3) is 0.211. The van der Waals surface area contributed by atoms with Crippen molar-refractivity contribution >= 4 is 34.7 Å². The van der Waals surface area contributed by atoms with Crippen LogP contribution in [-0.2, 0) is 12.8 Å². The summed E-state index contributed by atoms with van der Waals surface area (Å²) in [6.07, 6.45) is -3.45. The molecule has 0 unspecified atom stereocenters. The summed E-state index contributed by atoms with van der Waals surface area (Å²) in [5.74, 6) is -2.08. The second-order valence-corrected chi connectivity index (χ2v) is 6.54. The van der Waals surface area contributed by atoms with Crippen LogP contribution in [0.5, 0.6) is 0 Å². The lowest BCUT2D eigenvalue weighted by Gasteiger charge is -2.14. The molecule has 0 fully saturated rings. The molecule has 2 aromatic carbocycles. The molecule has 0 radical (unpaired) electrons. The molecule has 0 amide bonds. The number of aromatic carboxylic acids is 1. The lowest BCUT2D eigenvalue weighted by molar-refractivity contribution is -0.0690. The SMILES string of the molecule is CCc1cc(C/C=C(\c2cc(Cl)c(F)c(Cl)c2)C(F)(F)F)ccc1C(=O)O. The Labute approximate surface area is 163 Å². The summed E-state index contributed by atoms with van der Waals surface area (Å²) in [5.41, 5.74) is -0.213. The molecule has 0 bridgehead atoms. The van der Waals surface area contributed by atoms with Crippen LogP contribution < -0.4 is 0 Å². The fourth-order valence-electron chi connectivity index (χ4n) is 2.60. The average molecular weight is 421 g/mol. The molecule has 2 nitrogen and oxygen atoms in total. The van der Waals surface area contributed by atoms with Crippen molar-refractivity contribution < 1.29 is 27.5 Å². The van der Waals surface area contributed by atoms with Crippen LogP contribution in [-0.4, -0.2) is 17.3 Å². The number of hydrogen-bond donors (Lipinski definition) is 1. The molecule has 2 aromatic rings. The van der Waals surface area contributed by atoms with Gasteiger partial charge in [-0.2, -0.15) is 13.2 Å². The molecular formula is C19H14Cl2F4O2. The molecule has 144 valence electrons. The summed E-state index contributed by atoms with van der Waals surface area (Å²) >= 11 is 11.2. The number of halogens is 6. The molecule has 0 saturated heterocycles. The van der Waals surface area contributed by atoms with Gasteiger partial charge in [-0.05, 0) is 47.7 Å². The number of rotatable bonds is 5. The summed E-state index contributed by atoms with van der Waals surface area (Å²) < 4.78 is 53.9. The molecule has 0 aliphatic rings. The Hall–Kier alpha value is -2.05. The molecule has 0 atom stereocenters. The second kappa shape index (κ2) is 8.31. The highest BCUT2D eigenvalue weighted by Gasteiger charge is 2.35. The zero-order valence-corrected chi connectivity index (χ0v) is 15.5. The van der Waals surface area contributed by atoms with Crippen molar-refractivity contribution in [3.63, 3.8) is 0 Å². The van der Waals surface area contributed by atoms with E-state index < -0.39 is 33.6 Å². The Kier molecular flexibility index (Phi) is 6.54. The van der Waals surface area contributed by atoms with Crippen molar-refractivity contribution in [2.75, 3.05) is 0 Å². The number of carboxylic acid groups (broad SMARTS) is 1. The lowest BCUT2D eigenvalue weighted by atomic mass is 9.98. The first-order valence-corrected chi connectivity index (χ1v) is 8.57. The molecule has 0 spiro atoms. The highest BCUT2D eigenvalue weighted by atomic mass is 35.5. The van der Waals surface area contributed by atoms with Crippen LogP contribution in [0.25, 0.3) is 5.57 Å². The highest BCUT2D eigenvalue weighted by molar-refractivity contribution is 6.35. The van der Waals surface area contributed by atoms with Gasteiger partial charge in [0.25, 0.3) is 0 Å². The quantitative estimate of drug-likeness (QED) is 0.437. The molecule has 1 N–H and O–H groups in total. The molecule has 0 heterocycles. The summed E-state index contributed by atoms with van der Waals surface area (Å²) in [6, 6.07) is 6.11. The van der Waals surface area contributed by atoms with Crippen molar-refractivity contribution in [3.8, 4) is 0 Å². The number of alkyl halides is 3. The Morgan fingerprint density at radius 2 is 1.74 bits per heavy atom. The normalized spacial score (nSPS) is 12.3. The Morgan fingerprint density at radius 1 is 1.15 bits per heavy atom. The predicted molar refractivity (Wildman–Crippen MR) is 96.9 cm³/mol.